The van der Waals surface area contributed by atoms with Crippen molar-refractivity contribution in [2.24, 2.45) is 0 Å². The summed E-state index contributed by atoms with van der Waals surface area (Å²) in [6, 6.07) is 18.3. The molecule has 2 aromatic carbocycles. The monoisotopic (exact) mass is 384 g/mol. The molecule has 0 bridgehead atoms. The molecule has 0 fully saturated rings. The summed E-state index contributed by atoms with van der Waals surface area (Å²) in [6.45, 7) is 1.76. The minimum atomic E-state index is -1.26. The van der Waals surface area contributed by atoms with E-state index in [-0.39, 0.29) is 20.4 Å². The topological polar surface area (TPSA) is 34.1 Å². The van der Waals surface area contributed by atoms with Crippen LogP contribution in [-0.2, 0) is 42.0 Å². The molecule has 0 spiro atoms. The van der Waals surface area contributed by atoms with Crippen LogP contribution < -0.4 is 0 Å². The molecule has 2 aromatic rings. The Bertz CT molecular complexity index is 507. The molecule has 19 heavy (non-hydrogen) atoms. The Kier molecular flexibility index (Phi) is 6.81. The maximum Gasteiger partial charge on any atom is 0.116 e. The Morgan fingerprint density at radius 1 is 0.737 bits per heavy atom. The van der Waals surface area contributed by atoms with Crippen molar-refractivity contribution in [3.63, 3.8) is 0 Å². The fourth-order valence-corrected chi connectivity index (χ4v) is 4.49. The van der Waals surface area contributed by atoms with E-state index in [0.29, 0.717) is 9.79 Å². The van der Waals surface area contributed by atoms with Gasteiger partial charge in [0.15, 0.2) is 0 Å². The average molecular weight is 385 g/mol. The molecule has 2 nitrogen and oxygen atoms in total. The summed E-state index contributed by atoms with van der Waals surface area (Å²) >= 11 is 0. The first-order valence-corrected chi connectivity index (χ1v) is 8.04. The molecule has 0 aliphatic rings. The van der Waals surface area contributed by atoms with Crippen molar-refractivity contribution in [2.45, 2.75) is 21.3 Å². The van der Waals surface area contributed by atoms with Crippen LogP contribution >= 0.6 is 0 Å². The van der Waals surface area contributed by atoms with Gasteiger partial charge in [-0.3, -0.25) is 8.42 Å². The van der Waals surface area contributed by atoms with Gasteiger partial charge in [-0.05, 0) is 31.2 Å². The molecular weight excluding hydrogens is 371 g/mol. The molecule has 104 valence electrons. The van der Waals surface area contributed by atoms with Crippen molar-refractivity contribution in [2.75, 3.05) is 0 Å². The second-order valence-corrected chi connectivity index (χ2v) is 7.63. The van der Waals surface area contributed by atoms with Gasteiger partial charge in [0, 0.05) is 30.2 Å². The average Bonchev–Trinajstić information content (AvgIpc) is 2.47. The summed E-state index contributed by atoms with van der Waals surface area (Å²) in [5.74, 6) is 0. The van der Waals surface area contributed by atoms with Gasteiger partial charge >= 0.3 is 0 Å². The van der Waals surface area contributed by atoms with Gasteiger partial charge in [-0.2, -0.15) is 0 Å². The van der Waals surface area contributed by atoms with Crippen molar-refractivity contribution < 1.29 is 28.8 Å². The third-order valence-electron chi connectivity index (χ3n) is 2.55. The molecule has 0 aliphatic carbocycles. The van der Waals surface area contributed by atoms with Crippen molar-refractivity contribution in [1.82, 2.24) is 0 Å². The Labute approximate surface area is 132 Å². The largest absolute Gasteiger partial charge is 0.253 e. The molecule has 2 atom stereocenters. The molecule has 0 heterocycles. The van der Waals surface area contributed by atoms with Gasteiger partial charge in [0.25, 0.3) is 0 Å². The zero-order chi connectivity index (χ0) is 13.0. The standard InChI is InChI=1S/C14H14O2S2.Pd/c1-12(17(15)13-8-4-2-5-9-13)18(16)14-10-6-3-7-11-14;/h2-12H,1H3;. The SMILES string of the molecule is CC(S(=O)c1ccccc1)S(=O)c1ccccc1.[Pd]. The number of hydrogen-bond donors (Lipinski definition) is 0. The Balaban J connectivity index is 0.00000180. The van der Waals surface area contributed by atoms with Crippen LogP contribution in [0, 0.1) is 0 Å². The zero-order valence-corrected chi connectivity index (χ0v) is 13.5. The summed E-state index contributed by atoms with van der Waals surface area (Å²) in [5.41, 5.74) is 0. The Morgan fingerprint density at radius 3 is 1.37 bits per heavy atom. The molecule has 0 aliphatic heterocycles. The third-order valence-corrected chi connectivity index (χ3v) is 6.28. The van der Waals surface area contributed by atoms with E-state index in [2.05, 4.69) is 0 Å². The second kappa shape index (κ2) is 7.86. The van der Waals surface area contributed by atoms with E-state index in [9.17, 15) is 8.42 Å². The Morgan fingerprint density at radius 2 is 1.05 bits per heavy atom. The van der Waals surface area contributed by atoms with E-state index in [0.717, 1.165) is 0 Å². The summed E-state index contributed by atoms with van der Waals surface area (Å²) in [4.78, 5) is 1.43. The van der Waals surface area contributed by atoms with Crippen LogP contribution in [-0.4, -0.2) is 13.0 Å². The number of benzene rings is 2. The fourth-order valence-electron chi connectivity index (χ4n) is 1.57. The molecule has 0 radical (unpaired) electrons. The van der Waals surface area contributed by atoms with E-state index < -0.39 is 26.2 Å². The van der Waals surface area contributed by atoms with Crippen molar-refractivity contribution >= 4 is 21.6 Å². The van der Waals surface area contributed by atoms with Crippen LogP contribution in [0.1, 0.15) is 6.92 Å². The zero-order valence-electron chi connectivity index (χ0n) is 10.3. The summed E-state index contributed by atoms with van der Waals surface area (Å²) in [5, 5.41) is 0. The quantitative estimate of drug-likeness (QED) is 0.759. The summed E-state index contributed by atoms with van der Waals surface area (Å²) in [7, 11) is -2.52. The van der Waals surface area contributed by atoms with Crippen molar-refractivity contribution in [1.29, 1.82) is 0 Å². The second-order valence-electron chi connectivity index (χ2n) is 3.79. The molecule has 0 amide bonds. The van der Waals surface area contributed by atoms with E-state index >= 15 is 0 Å². The van der Waals surface area contributed by atoms with Crippen LogP contribution in [0.5, 0.6) is 0 Å². The van der Waals surface area contributed by atoms with Crippen LogP contribution in [0.3, 0.4) is 0 Å². The molecule has 0 saturated heterocycles. The molecule has 2 rings (SSSR count). The first kappa shape index (κ1) is 16.5. The first-order chi connectivity index (χ1) is 8.70. The van der Waals surface area contributed by atoms with E-state index in [4.69, 9.17) is 0 Å². The molecule has 2 unspecified atom stereocenters. The Hall–Kier alpha value is -0.598. The van der Waals surface area contributed by atoms with Gasteiger partial charge in [-0.1, -0.05) is 36.4 Å². The van der Waals surface area contributed by atoms with Crippen LogP contribution in [0.25, 0.3) is 0 Å². The predicted molar refractivity (Wildman–Crippen MR) is 75.2 cm³/mol. The van der Waals surface area contributed by atoms with Gasteiger partial charge in [0.05, 0.1) is 21.6 Å². The maximum absolute atomic E-state index is 12.3. The van der Waals surface area contributed by atoms with Crippen LogP contribution in [0.4, 0.5) is 0 Å². The van der Waals surface area contributed by atoms with E-state index in [1.165, 1.54) is 0 Å². The smallest absolute Gasteiger partial charge is 0.116 e. The van der Waals surface area contributed by atoms with E-state index in [1.54, 1.807) is 31.2 Å². The van der Waals surface area contributed by atoms with Gasteiger partial charge in [0.2, 0.25) is 0 Å². The van der Waals surface area contributed by atoms with Crippen molar-refractivity contribution in [3.05, 3.63) is 60.7 Å². The summed E-state index contributed by atoms with van der Waals surface area (Å²) < 4.78 is 24.1. The maximum atomic E-state index is 12.3. The summed E-state index contributed by atoms with van der Waals surface area (Å²) in [6.07, 6.45) is 0. The van der Waals surface area contributed by atoms with E-state index in [1.807, 2.05) is 36.4 Å². The normalized spacial score (nSPS) is 15.0. The van der Waals surface area contributed by atoms with Gasteiger partial charge < -0.3 is 0 Å². The van der Waals surface area contributed by atoms with Crippen LogP contribution in [0.2, 0.25) is 0 Å². The number of hydrogen-bond acceptors (Lipinski definition) is 2. The van der Waals surface area contributed by atoms with Crippen LogP contribution in [0.15, 0.2) is 70.5 Å². The fraction of sp³-hybridized carbons (Fsp3) is 0.143. The van der Waals surface area contributed by atoms with Gasteiger partial charge in [0.1, 0.15) is 4.58 Å². The third kappa shape index (κ3) is 4.19. The van der Waals surface area contributed by atoms with Crippen molar-refractivity contribution in [3.8, 4) is 0 Å². The van der Waals surface area contributed by atoms with Gasteiger partial charge in [-0.15, -0.1) is 0 Å². The molecule has 0 saturated carbocycles. The molecule has 0 aromatic heterocycles. The molecule has 0 N–H and O–H groups in total. The predicted octanol–water partition coefficient (Wildman–Crippen LogP) is 2.95. The molecule has 5 heteroatoms. The van der Waals surface area contributed by atoms with Gasteiger partial charge in [-0.25, -0.2) is 0 Å². The minimum absolute atomic E-state index is 0. The first-order valence-electron chi connectivity index (χ1n) is 5.61. The minimum Gasteiger partial charge on any atom is -0.253 e. The number of rotatable bonds is 4. The molecular formula is C14H14O2PdS2.